The highest BCUT2D eigenvalue weighted by atomic mass is 16.5. The number of aliphatic hydroxyl groups is 1. The molecule has 0 spiro atoms. The van der Waals surface area contributed by atoms with Crippen molar-refractivity contribution >= 4 is 0 Å². The van der Waals surface area contributed by atoms with E-state index in [-0.39, 0.29) is 0 Å². The number of ether oxygens (including phenoxy) is 1. The number of rotatable bonds is 4. The maximum absolute atomic E-state index is 9.79. The van der Waals surface area contributed by atoms with Gasteiger partial charge >= 0.3 is 0 Å². The molecule has 0 radical (unpaired) electrons. The topological polar surface area (TPSA) is 35.9 Å². The summed E-state index contributed by atoms with van der Waals surface area (Å²) in [5.41, 5.74) is -0.568. The van der Waals surface area contributed by atoms with Crippen molar-refractivity contribution < 1.29 is 9.84 Å². The monoisotopic (exact) mass is 242 g/mol. The number of hydrogen-bond acceptors (Lipinski definition) is 4. The van der Waals surface area contributed by atoms with Crippen LogP contribution in [0.1, 0.15) is 20.3 Å². The Kier molecular flexibility index (Phi) is 4.42. The third-order valence-corrected chi connectivity index (χ3v) is 3.62. The fourth-order valence-corrected chi connectivity index (χ4v) is 2.77. The van der Waals surface area contributed by atoms with Gasteiger partial charge in [0.25, 0.3) is 0 Å². The molecule has 2 rings (SSSR count). The molecule has 100 valence electrons. The van der Waals surface area contributed by atoms with E-state index in [4.69, 9.17) is 4.74 Å². The van der Waals surface area contributed by atoms with Crippen molar-refractivity contribution in [1.29, 1.82) is 0 Å². The van der Waals surface area contributed by atoms with Gasteiger partial charge in [0.05, 0.1) is 12.2 Å². The van der Waals surface area contributed by atoms with E-state index in [0.717, 1.165) is 51.9 Å². The minimum Gasteiger partial charge on any atom is -0.389 e. The van der Waals surface area contributed by atoms with Gasteiger partial charge in [-0.05, 0) is 26.2 Å². The van der Waals surface area contributed by atoms with Gasteiger partial charge in [-0.15, -0.1) is 0 Å². The van der Waals surface area contributed by atoms with E-state index < -0.39 is 5.60 Å². The lowest BCUT2D eigenvalue weighted by atomic mass is 10.1. The molecule has 2 heterocycles. The van der Waals surface area contributed by atoms with Crippen molar-refractivity contribution in [3.05, 3.63) is 0 Å². The summed E-state index contributed by atoms with van der Waals surface area (Å²) < 4.78 is 5.42. The Hall–Kier alpha value is -0.160. The lowest BCUT2D eigenvalue weighted by molar-refractivity contribution is 0.0155. The fourth-order valence-electron chi connectivity index (χ4n) is 2.77. The summed E-state index contributed by atoms with van der Waals surface area (Å²) in [7, 11) is 0. The standard InChI is InChI=1S/C13H26N2O2/c1-13(2,16)11-15-6-4-14(5-7-15)9-12-3-8-17-10-12/h12,16H,3-11H2,1-2H3. The normalized spacial score (nSPS) is 28.8. The molecule has 2 saturated heterocycles. The van der Waals surface area contributed by atoms with Crippen LogP contribution in [0, 0.1) is 5.92 Å². The number of hydrogen-bond donors (Lipinski definition) is 1. The van der Waals surface area contributed by atoms with Gasteiger partial charge in [0.1, 0.15) is 0 Å². The van der Waals surface area contributed by atoms with Crippen LogP contribution in [-0.2, 0) is 4.74 Å². The first kappa shape index (κ1) is 13.3. The van der Waals surface area contributed by atoms with E-state index in [1.165, 1.54) is 13.0 Å². The largest absolute Gasteiger partial charge is 0.389 e. The minimum atomic E-state index is -0.568. The maximum Gasteiger partial charge on any atom is 0.0718 e. The van der Waals surface area contributed by atoms with Crippen LogP contribution >= 0.6 is 0 Å². The van der Waals surface area contributed by atoms with Crippen LogP contribution in [0.3, 0.4) is 0 Å². The third kappa shape index (κ3) is 4.54. The summed E-state index contributed by atoms with van der Waals surface area (Å²) >= 11 is 0. The lowest BCUT2D eigenvalue weighted by Crippen LogP contribution is -2.51. The Bertz CT molecular complexity index is 226. The van der Waals surface area contributed by atoms with Gasteiger partial charge in [-0.1, -0.05) is 0 Å². The SMILES string of the molecule is CC(C)(O)CN1CCN(CC2CCOC2)CC1. The zero-order valence-corrected chi connectivity index (χ0v) is 11.2. The minimum absolute atomic E-state index is 0.568. The molecular weight excluding hydrogens is 216 g/mol. The summed E-state index contributed by atoms with van der Waals surface area (Å²) in [6.07, 6.45) is 1.23. The molecule has 0 amide bonds. The van der Waals surface area contributed by atoms with Gasteiger partial charge in [-0.25, -0.2) is 0 Å². The summed E-state index contributed by atoms with van der Waals surface area (Å²) in [6.45, 7) is 12.1. The van der Waals surface area contributed by atoms with Gasteiger partial charge in [0.2, 0.25) is 0 Å². The van der Waals surface area contributed by atoms with Crippen LogP contribution in [0.2, 0.25) is 0 Å². The molecule has 1 unspecified atom stereocenters. The highest BCUT2D eigenvalue weighted by Crippen LogP contribution is 2.15. The molecule has 4 nitrogen and oxygen atoms in total. The average molecular weight is 242 g/mol. The van der Waals surface area contributed by atoms with E-state index in [1.807, 2.05) is 13.8 Å². The average Bonchev–Trinajstić information content (AvgIpc) is 2.71. The third-order valence-electron chi connectivity index (χ3n) is 3.62. The van der Waals surface area contributed by atoms with Crippen LogP contribution in [0.25, 0.3) is 0 Å². The van der Waals surface area contributed by atoms with Gasteiger partial charge < -0.3 is 14.7 Å². The van der Waals surface area contributed by atoms with E-state index >= 15 is 0 Å². The summed E-state index contributed by atoms with van der Waals surface area (Å²) in [6, 6.07) is 0. The summed E-state index contributed by atoms with van der Waals surface area (Å²) in [5.74, 6) is 0.746. The Labute approximate surface area is 105 Å². The Balaban J connectivity index is 1.67. The van der Waals surface area contributed by atoms with E-state index in [2.05, 4.69) is 9.80 Å². The molecule has 0 aromatic carbocycles. The molecule has 1 N–H and O–H groups in total. The molecule has 0 aromatic heterocycles. The number of β-amino-alcohol motifs (C(OH)–C–C–N with tert-alkyl or cyclic N) is 1. The first-order chi connectivity index (χ1) is 8.03. The van der Waals surface area contributed by atoms with Crippen molar-refractivity contribution in [2.45, 2.75) is 25.9 Å². The lowest BCUT2D eigenvalue weighted by Gasteiger charge is -2.38. The van der Waals surface area contributed by atoms with Crippen molar-refractivity contribution in [2.24, 2.45) is 5.92 Å². The smallest absolute Gasteiger partial charge is 0.0718 e. The highest BCUT2D eigenvalue weighted by molar-refractivity contribution is 4.79. The molecule has 1 atom stereocenters. The molecular formula is C13H26N2O2. The molecule has 2 aliphatic heterocycles. The van der Waals surface area contributed by atoms with E-state index in [0.29, 0.717) is 0 Å². The fraction of sp³-hybridized carbons (Fsp3) is 1.00. The molecule has 2 fully saturated rings. The predicted molar refractivity (Wildman–Crippen MR) is 68.1 cm³/mol. The Morgan fingerprint density at radius 3 is 2.35 bits per heavy atom. The molecule has 2 aliphatic rings. The van der Waals surface area contributed by atoms with Gasteiger partial charge in [0, 0.05) is 45.9 Å². The summed E-state index contributed by atoms with van der Waals surface area (Å²) in [4.78, 5) is 4.90. The molecule has 0 bridgehead atoms. The molecule has 17 heavy (non-hydrogen) atoms. The second-order valence-electron chi connectivity index (χ2n) is 6.12. The van der Waals surface area contributed by atoms with Crippen LogP contribution in [0.5, 0.6) is 0 Å². The quantitative estimate of drug-likeness (QED) is 0.775. The number of nitrogens with zero attached hydrogens (tertiary/aromatic N) is 2. The van der Waals surface area contributed by atoms with E-state index in [1.54, 1.807) is 0 Å². The van der Waals surface area contributed by atoms with Crippen molar-refractivity contribution in [3.63, 3.8) is 0 Å². The number of piperazine rings is 1. The molecule has 0 aromatic rings. The molecule has 0 saturated carbocycles. The van der Waals surface area contributed by atoms with Crippen LogP contribution in [0.4, 0.5) is 0 Å². The predicted octanol–water partition coefficient (Wildman–Crippen LogP) is 0.411. The van der Waals surface area contributed by atoms with Crippen molar-refractivity contribution in [1.82, 2.24) is 9.80 Å². The highest BCUT2D eigenvalue weighted by Gasteiger charge is 2.25. The Morgan fingerprint density at radius 2 is 1.82 bits per heavy atom. The van der Waals surface area contributed by atoms with Gasteiger partial charge in [0.15, 0.2) is 0 Å². The summed E-state index contributed by atoms with van der Waals surface area (Å²) in [5, 5.41) is 9.79. The first-order valence-corrected chi connectivity index (χ1v) is 6.78. The van der Waals surface area contributed by atoms with Gasteiger partial charge in [-0.3, -0.25) is 4.90 Å². The second kappa shape index (κ2) is 5.65. The van der Waals surface area contributed by atoms with Gasteiger partial charge in [-0.2, -0.15) is 0 Å². The maximum atomic E-state index is 9.79. The first-order valence-electron chi connectivity index (χ1n) is 6.78. The van der Waals surface area contributed by atoms with Crippen LogP contribution < -0.4 is 0 Å². The molecule has 4 heteroatoms. The molecule has 0 aliphatic carbocycles. The second-order valence-corrected chi connectivity index (χ2v) is 6.12. The van der Waals surface area contributed by atoms with Crippen LogP contribution in [-0.4, -0.2) is 73.0 Å². The van der Waals surface area contributed by atoms with Crippen LogP contribution in [0.15, 0.2) is 0 Å². The van der Waals surface area contributed by atoms with Crippen molar-refractivity contribution in [3.8, 4) is 0 Å². The van der Waals surface area contributed by atoms with E-state index in [9.17, 15) is 5.11 Å². The van der Waals surface area contributed by atoms with Crippen molar-refractivity contribution in [2.75, 3.05) is 52.5 Å². The zero-order chi connectivity index (χ0) is 12.3. The Morgan fingerprint density at radius 1 is 1.18 bits per heavy atom. The zero-order valence-electron chi connectivity index (χ0n) is 11.2.